The van der Waals surface area contributed by atoms with Crippen molar-refractivity contribution in [2.45, 2.75) is 32.4 Å². The molecule has 1 aliphatic heterocycles. The van der Waals surface area contributed by atoms with E-state index >= 15 is 0 Å². The summed E-state index contributed by atoms with van der Waals surface area (Å²) in [5.41, 5.74) is 1.09. The lowest BCUT2D eigenvalue weighted by atomic mass is 10.2. The summed E-state index contributed by atoms with van der Waals surface area (Å²) >= 11 is 11.8. The smallest absolute Gasteiger partial charge is 0.222 e. The Bertz CT molecular complexity index is 465. The number of amides is 1. The first-order valence-electron chi connectivity index (χ1n) is 6.51. The van der Waals surface area contributed by atoms with Crippen molar-refractivity contribution >= 4 is 29.1 Å². The molecule has 1 saturated heterocycles. The largest absolute Gasteiger partial charge is 0.341 e. The molecule has 2 rings (SSSR count). The summed E-state index contributed by atoms with van der Waals surface area (Å²) in [4.78, 5) is 13.5. The van der Waals surface area contributed by atoms with Crippen molar-refractivity contribution in [3.8, 4) is 0 Å². The molecule has 3 nitrogen and oxygen atoms in total. The molecule has 5 heteroatoms. The molecule has 19 heavy (non-hydrogen) atoms. The third-order valence-corrected chi connectivity index (χ3v) is 4.04. The molecular weight excluding hydrogens is 283 g/mol. The molecule has 1 atom stereocenters. The SMILES string of the molecule is CC(CN1CCCC1=O)NCc1ccc(Cl)c(Cl)c1. The molecule has 1 aromatic carbocycles. The fourth-order valence-corrected chi connectivity index (χ4v) is 2.55. The van der Waals surface area contributed by atoms with E-state index in [1.165, 1.54) is 0 Å². The van der Waals surface area contributed by atoms with E-state index < -0.39 is 0 Å². The second-order valence-corrected chi connectivity index (χ2v) is 5.79. The van der Waals surface area contributed by atoms with Crippen molar-refractivity contribution < 1.29 is 4.79 Å². The van der Waals surface area contributed by atoms with E-state index in [1.807, 2.05) is 17.0 Å². The van der Waals surface area contributed by atoms with Crippen molar-refractivity contribution in [2.24, 2.45) is 0 Å². The standard InChI is InChI=1S/C14H18Cl2N2O/c1-10(9-18-6-2-3-14(18)19)17-8-11-4-5-12(15)13(16)7-11/h4-5,7,10,17H,2-3,6,8-9H2,1H3. The number of carbonyl (C=O) groups excluding carboxylic acids is 1. The van der Waals surface area contributed by atoms with E-state index in [1.54, 1.807) is 6.07 Å². The molecule has 1 amide bonds. The van der Waals surface area contributed by atoms with E-state index in [0.29, 0.717) is 16.5 Å². The van der Waals surface area contributed by atoms with E-state index in [9.17, 15) is 4.79 Å². The zero-order chi connectivity index (χ0) is 13.8. The van der Waals surface area contributed by atoms with Gasteiger partial charge in [0.15, 0.2) is 0 Å². The van der Waals surface area contributed by atoms with Crippen LogP contribution in [-0.4, -0.2) is 29.9 Å². The summed E-state index contributed by atoms with van der Waals surface area (Å²) in [6.45, 7) is 4.46. The molecular formula is C14H18Cl2N2O. The summed E-state index contributed by atoms with van der Waals surface area (Å²) in [5.74, 6) is 0.267. The van der Waals surface area contributed by atoms with Crippen LogP contribution in [0.4, 0.5) is 0 Å². The van der Waals surface area contributed by atoms with Gasteiger partial charge < -0.3 is 10.2 Å². The van der Waals surface area contributed by atoms with Gasteiger partial charge in [0.1, 0.15) is 0 Å². The summed E-state index contributed by atoms with van der Waals surface area (Å²) in [5, 5.41) is 4.54. The Morgan fingerprint density at radius 3 is 2.79 bits per heavy atom. The zero-order valence-electron chi connectivity index (χ0n) is 11.0. The second-order valence-electron chi connectivity index (χ2n) is 4.97. The average molecular weight is 301 g/mol. The fourth-order valence-electron chi connectivity index (χ4n) is 2.23. The minimum absolute atomic E-state index is 0.261. The van der Waals surface area contributed by atoms with Crippen LogP contribution in [0.2, 0.25) is 10.0 Å². The Hall–Kier alpha value is -0.770. The van der Waals surface area contributed by atoms with Gasteiger partial charge in [-0.3, -0.25) is 4.79 Å². The zero-order valence-corrected chi connectivity index (χ0v) is 12.5. The highest BCUT2D eigenvalue weighted by atomic mass is 35.5. The molecule has 0 aromatic heterocycles. The molecule has 0 aliphatic carbocycles. The highest BCUT2D eigenvalue weighted by Gasteiger charge is 2.21. The van der Waals surface area contributed by atoms with Gasteiger partial charge in [0.25, 0.3) is 0 Å². The molecule has 0 bridgehead atoms. The van der Waals surface area contributed by atoms with Crippen LogP contribution in [0.1, 0.15) is 25.3 Å². The number of nitrogens with one attached hydrogen (secondary N) is 1. The average Bonchev–Trinajstić information content (AvgIpc) is 2.77. The summed E-state index contributed by atoms with van der Waals surface area (Å²) in [6.07, 6.45) is 1.68. The van der Waals surface area contributed by atoms with Gasteiger partial charge in [-0.15, -0.1) is 0 Å². The lowest BCUT2D eigenvalue weighted by molar-refractivity contribution is -0.127. The third kappa shape index (κ3) is 4.10. The van der Waals surface area contributed by atoms with Gasteiger partial charge in [-0.05, 0) is 31.0 Å². The highest BCUT2D eigenvalue weighted by Crippen LogP contribution is 2.22. The maximum Gasteiger partial charge on any atom is 0.222 e. The van der Waals surface area contributed by atoms with Crippen LogP contribution in [0, 0.1) is 0 Å². The van der Waals surface area contributed by atoms with E-state index in [-0.39, 0.29) is 11.9 Å². The lowest BCUT2D eigenvalue weighted by Gasteiger charge is -2.21. The quantitative estimate of drug-likeness (QED) is 0.906. The monoisotopic (exact) mass is 300 g/mol. The fraction of sp³-hybridized carbons (Fsp3) is 0.500. The van der Waals surface area contributed by atoms with Crippen LogP contribution < -0.4 is 5.32 Å². The van der Waals surface area contributed by atoms with Gasteiger partial charge in [0.2, 0.25) is 5.91 Å². The highest BCUT2D eigenvalue weighted by molar-refractivity contribution is 6.42. The molecule has 0 radical (unpaired) electrons. The van der Waals surface area contributed by atoms with Crippen molar-refractivity contribution in [1.29, 1.82) is 0 Å². The van der Waals surface area contributed by atoms with Crippen LogP contribution in [0.15, 0.2) is 18.2 Å². The molecule has 0 saturated carbocycles. The Morgan fingerprint density at radius 1 is 1.37 bits per heavy atom. The number of nitrogens with zero attached hydrogens (tertiary/aromatic N) is 1. The first-order valence-corrected chi connectivity index (χ1v) is 7.27. The van der Waals surface area contributed by atoms with Gasteiger partial charge in [-0.2, -0.15) is 0 Å². The molecule has 1 heterocycles. The predicted molar refractivity (Wildman–Crippen MR) is 78.6 cm³/mol. The molecule has 0 spiro atoms. The van der Waals surface area contributed by atoms with E-state index in [4.69, 9.17) is 23.2 Å². The minimum atomic E-state index is 0.261. The maximum atomic E-state index is 11.5. The van der Waals surface area contributed by atoms with Crippen molar-refractivity contribution in [2.75, 3.05) is 13.1 Å². The molecule has 1 N–H and O–H groups in total. The lowest BCUT2D eigenvalue weighted by Crippen LogP contribution is -2.39. The Morgan fingerprint density at radius 2 is 2.16 bits per heavy atom. The van der Waals surface area contributed by atoms with Gasteiger partial charge in [-0.25, -0.2) is 0 Å². The Labute approximate surface area is 123 Å². The number of halogens is 2. The van der Waals surface area contributed by atoms with Gasteiger partial charge >= 0.3 is 0 Å². The van der Waals surface area contributed by atoms with Crippen molar-refractivity contribution in [1.82, 2.24) is 10.2 Å². The number of carbonyl (C=O) groups is 1. The second kappa shape index (κ2) is 6.60. The number of benzene rings is 1. The number of hydrogen-bond donors (Lipinski definition) is 1. The number of rotatable bonds is 5. The minimum Gasteiger partial charge on any atom is -0.341 e. The summed E-state index contributed by atoms with van der Waals surface area (Å²) in [6, 6.07) is 5.88. The Kier molecular flexibility index (Phi) is 5.08. The molecule has 1 aromatic rings. The molecule has 1 fully saturated rings. The van der Waals surface area contributed by atoms with Gasteiger partial charge in [-0.1, -0.05) is 29.3 Å². The topological polar surface area (TPSA) is 32.3 Å². The molecule has 1 aliphatic rings. The molecule has 104 valence electrons. The molecule has 1 unspecified atom stereocenters. The number of hydrogen-bond acceptors (Lipinski definition) is 2. The van der Waals surface area contributed by atoms with Gasteiger partial charge in [0, 0.05) is 32.1 Å². The van der Waals surface area contributed by atoms with Crippen molar-refractivity contribution in [3.63, 3.8) is 0 Å². The van der Waals surface area contributed by atoms with Crippen LogP contribution >= 0.6 is 23.2 Å². The predicted octanol–water partition coefficient (Wildman–Crippen LogP) is 3.09. The third-order valence-electron chi connectivity index (χ3n) is 3.30. The van der Waals surface area contributed by atoms with Crippen molar-refractivity contribution in [3.05, 3.63) is 33.8 Å². The summed E-state index contributed by atoms with van der Waals surface area (Å²) < 4.78 is 0. The van der Waals surface area contributed by atoms with Gasteiger partial charge in [0.05, 0.1) is 10.0 Å². The van der Waals surface area contributed by atoms with E-state index in [2.05, 4.69) is 12.2 Å². The number of likely N-dealkylation sites (tertiary alicyclic amines) is 1. The first-order chi connectivity index (χ1) is 9.06. The normalized spacial score (nSPS) is 17.0. The maximum absolute atomic E-state index is 11.5. The first kappa shape index (κ1) is 14.6. The van der Waals surface area contributed by atoms with Crippen LogP contribution in [0.5, 0.6) is 0 Å². The van der Waals surface area contributed by atoms with Crippen LogP contribution in [0.25, 0.3) is 0 Å². The summed E-state index contributed by atoms with van der Waals surface area (Å²) in [7, 11) is 0. The van der Waals surface area contributed by atoms with Crippen LogP contribution in [-0.2, 0) is 11.3 Å². The van der Waals surface area contributed by atoms with E-state index in [0.717, 1.165) is 31.6 Å². The van der Waals surface area contributed by atoms with Crippen LogP contribution in [0.3, 0.4) is 0 Å². The Balaban J connectivity index is 1.81.